The molecule has 0 aliphatic carbocycles. The van der Waals surface area contributed by atoms with E-state index in [1.54, 1.807) is 0 Å². The third kappa shape index (κ3) is 3.95. The minimum atomic E-state index is 0.496. The van der Waals surface area contributed by atoms with Crippen molar-refractivity contribution in [3.63, 3.8) is 0 Å². The van der Waals surface area contributed by atoms with Gasteiger partial charge in [-0.15, -0.1) is 11.3 Å². The third-order valence-corrected chi connectivity index (χ3v) is 4.33. The summed E-state index contributed by atoms with van der Waals surface area (Å²) in [6.45, 7) is 9.21. The molecule has 0 saturated heterocycles. The quantitative estimate of drug-likeness (QED) is 0.842. The van der Waals surface area contributed by atoms with Gasteiger partial charge in [0.15, 0.2) is 0 Å². The van der Waals surface area contributed by atoms with Crippen LogP contribution in [0.25, 0.3) is 0 Å². The number of thiophene rings is 1. The number of aryl methyl sites for hydroxylation is 1. The van der Waals surface area contributed by atoms with Crippen LogP contribution in [0.1, 0.15) is 35.8 Å². The average Bonchev–Trinajstić information content (AvgIpc) is 3.00. The van der Waals surface area contributed by atoms with Crippen molar-refractivity contribution in [3.05, 3.63) is 45.5 Å². The summed E-state index contributed by atoms with van der Waals surface area (Å²) in [7, 11) is 1.96. The van der Waals surface area contributed by atoms with Gasteiger partial charge in [-0.1, -0.05) is 6.07 Å². The van der Waals surface area contributed by atoms with Gasteiger partial charge in [0, 0.05) is 29.6 Å². The van der Waals surface area contributed by atoms with Gasteiger partial charge in [-0.25, -0.2) is 0 Å². The van der Waals surface area contributed by atoms with Crippen LogP contribution in [-0.2, 0) is 19.6 Å². The van der Waals surface area contributed by atoms with Crippen molar-refractivity contribution >= 4 is 11.3 Å². The number of hydrogen-bond acceptors (Lipinski definition) is 4. The van der Waals surface area contributed by atoms with Crippen molar-refractivity contribution in [2.45, 2.75) is 46.4 Å². The molecule has 0 saturated carbocycles. The Labute approximate surface area is 125 Å². The van der Waals surface area contributed by atoms with E-state index in [0.29, 0.717) is 6.04 Å². The molecule has 2 rings (SSSR count). The van der Waals surface area contributed by atoms with Gasteiger partial charge in [-0.3, -0.25) is 4.90 Å². The lowest BCUT2D eigenvalue weighted by Gasteiger charge is -2.24. The lowest BCUT2D eigenvalue weighted by Crippen LogP contribution is -2.29. The second kappa shape index (κ2) is 7.07. The maximum absolute atomic E-state index is 5.89. The van der Waals surface area contributed by atoms with Gasteiger partial charge in [-0.05, 0) is 45.3 Å². The van der Waals surface area contributed by atoms with Crippen molar-refractivity contribution in [2.24, 2.45) is 0 Å². The number of nitrogens with one attached hydrogen (secondary N) is 1. The Morgan fingerprint density at radius 3 is 2.75 bits per heavy atom. The minimum absolute atomic E-state index is 0.496. The van der Waals surface area contributed by atoms with Gasteiger partial charge >= 0.3 is 0 Å². The van der Waals surface area contributed by atoms with Crippen LogP contribution in [0.15, 0.2) is 28.0 Å². The van der Waals surface area contributed by atoms with Crippen LogP contribution in [0, 0.1) is 6.92 Å². The number of rotatable bonds is 7. The zero-order valence-corrected chi connectivity index (χ0v) is 13.6. The van der Waals surface area contributed by atoms with E-state index in [9.17, 15) is 0 Å². The zero-order chi connectivity index (χ0) is 14.5. The van der Waals surface area contributed by atoms with Crippen molar-refractivity contribution < 1.29 is 4.42 Å². The molecule has 4 heteroatoms. The molecule has 2 aromatic rings. The Balaban J connectivity index is 2.06. The fraction of sp³-hybridized carbons (Fsp3) is 0.500. The first-order valence-corrected chi connectivity index (χ1v) is 7.97. The molecular formula is C16H24N2OS. The predicted octanol–water partition coefficient (Wildman–Crippen LogP) is 3.78. The Bertz CT molecular complexity index is 517. The van der Waals surface area contributed by atoms with E-state index < -0.39 is 0 Å². The highest BCUT2D eigenvalue weighted by Gasteiger charge is 2.15. The highest BCUT2D eigenvalue weighted by molar-refractivity contribution is 7.09. The summed E-state index contributed by atoms with van der Waals surface area (Å²) in [6.07, 6.45) is 0. The first-order chi connectivity index (χ1) is 9.60. The van der Waals surface area contributed by atoms with Gasteiger partial charge in [0.2, 0.25) is 0 Å². The maximum atomic E-state index is 5.89. The second-order valence-corrected chi connectivity index (χ2v) is 6.43. The lowest BCUT2D eigenvalue weighted by molar-refractivity contribution is 0.188. The molecule has 2 heterocycles. The molecule has 0 aromatic carbocycles. The van der Waals surface area contributed by atoms with Crippen molar-refractivity contribution in [1.29, 1.82) is 0 Å². The van der Waals surface area contributed by atoms with Crippen LogP contribution in [-0.4, -0.2) is 18.0 Å². The van der Waals surface area contributed by atoms with E-state index >= 15 is 0 Å². The van der Waals surface area contributed by atoms with Crippen molar-refractivity contribution in [1.82, 2.24) is 10.2 Å². The molecule has 20 heavy (non-hydrogen) atoms. The molecule has 0 unspecified atom stereocenters. The Morgan fingerprint density at radius 2 is 2.15 bits per heavy atom. The largest absolute Gasteiger partial charge is 0.465 e. The first kappa shape index (κ1) is 15.3. The summed E-state index contributed by atoms with van der Waals surface area (Å²) >= 11 is 1.81. The molecule has 0 atom stereocenters. The maximum Gasteiger partial charge on any atom is 0.118 e. The second-order valence-electron chi connectivity index (χ2n) is 5.40. The fourth-order valence-corrected chi connectivity index (χ4v) is 2.98. The van der Waals surface area contributed by atoms with E-state index in [-0.39, 0.29) is 0 Å². The average molecular weight is 292 g/mol. The first-order valence-electron chi connectivity index (χ1n) is 7.09. The normalized spacial score (nSPS) is 11.7. The Kier molecular flexibility index (Phi) is 5.40. The topological polar surface area (TPSA) is 28.4 Å². The summed E-state index contributed by atoms with van der Waals surface area (Å²) in [4.78, 5) is 3.84. The van der Waals surface area contributed by atoms with E-state index in [1.807, 2.05) is 25.3 Å². The van der Waals surface area contributed by atoms with E-state index in [1.165, 1.54) is 10.4 Å². The standard InChI is InChI=1S/C16H24N2OS/c1-12(2)18(11-16-6-5-7-20-16)10-15-8-14(9-17-4)13(3)19-15/h5-8,12,17H,9-11H2,1-4H3. The fourth-order valence-electron chi connectivity index (χ4n) is 2.26. The molecule has 1 N–H and O–H groups in total. The van der Waals surface area contributed by atoms with Crippen molar-refractivity contribution in [2.75, 3.05) is 7.05 Å². The molecule has 0 fully saturated rings. The molecule has 0 aliphatic rings. The summed E-state index contributed by atoms with van der Waals surface area (Å²) in [5.74, 6) is 2.08. The van der Waals surface area contributed by atoms with E-state index in [0.717, 1.165) is 31.2 Å². The van der Waals surface area contributed by atoms with E-state index in [2.05, 4.69) is 47.6 Å². The van der Waals surface area contributed by atoms with Crippen LogP contribution >= 0.6 is 11.3 Å². The third-order valence-electron chi connectivity index (χ3n) is 3.47. The smallest absolute Gasteiger partial charge is 0.118 e. The summed E-state index contributed by atoms with van der Waals surface area (Å²) < 4.78 is 5.89. The monoisotopic (exact) mass is 292 g/mol. The van der Waals surface area contributed by atoms with Crippen LogP contribution in [0.3, 0.4) is 0 Å². The molecule has 0 radical (unpaired) electrons. The molecule has 0 bridgehead atoms. The Hall–Kier alpha value is -1.10. The minimum Gasteiger partial charge on any atom is -0.465 e. The summed E-state index contributed by atoms with van der Waals surface area (Å²) in [5, 5.41) is 5.31. The molecule has 3 nitrogen and oxygen atoms in total. The SMILES string of the molecule is CNCc1cc(CN(Cc2cccs2)C(C)C)oc1C. The Morgan fingerprint density at radius 1 is 1.35 bits per heavy atom. The summed E-state index contributed by atoms with van der Waals surface area (Å²) in [5.41, 5.74) is 1.25. The molecular weight excluding hydrogens is 268 g/mol. The van der Waals surface area contributed by atoms with Crippen LogP contribution in [0.5, 0.6) is 0 Å². The highest BCUT2D eigenvalue weighted by atomic mass is 32.1. The van der Waals surface area contributed by atoms with Gasteiger partial charge < -0.3 is 9.73 Å². The number of hydrogen-bond donors (Lipinski definition) is 1. The zero-order valence-electron chi connectivity index (χ0n) is 12.8. The number of nitrogens with zero attached hydrogens (tertiary/aromatic N) is 1. The van der Waals surface area contributed by atoms with Gasteiger partial charge in [0.25, 0.3) is 0 Å². The number of furan rings is 1. The van der Waals surface area contributed by atoms with Gasteiger partial charge in [0.1, 0.15) is 11.5 Å². The summed E-state index contributed by atoms with van der Waals surface area (Å²) in [6, 6.07) is 6.98. The molecule has 110 valence electrons. The van der Waals surface area contributed by atoms with Crippen LogP contribution in [0.4, 0.5) is 0 Å². The highest BCUT2D eigenvalue weighted by Crippen LogP contribution is 2.20. The molecule has 0 aliphatic heterocycles. The molecule has 0 amide bonds. The predicted molar refractivity (Wildman–Crippen MR) is 84.9 cm³/mol. The molecule has 2 aromatic heterocycles. The van der Waals surface area contributed by atoms with Crippen LogP contribution < -0.4 is 5.32 Å². The van der Waals surface area contributed by atoms with Crippen LogP contribution in [0.2, 0.25) is 0 Å². The van der Waals surface area contributed by atoms with Gasteiger partial charge in [0.05, 0.1) is 6.54 Å². The molecule has 0 spiro atoms. The van der Waals surface area contributed by atoms with Gasteiger partial charge in [-0.2, -0.15) is 0 Å². The van der Waals surface area contributed by atoms with E-state index in [4.69, 9.17) is 4.42 Å². The lowest BCUT2D eigenvalue weighted by atomic mass is 10.2. The van der Waals surface area contributed by atoms with Crippen molar-refractivity contribution in [3.8, 4) is 0 Å².